The molecule has 0 aromatic heterocycles. The van der Waals surface area contributed by atoms with Crippen molar-refractivity contribution in [1.29, 1.82) is 0 Å². The molecule has 1 fully saturated rings. The van der Waals surface area contributed by atoms with Gasteiger partial charge in [-0.2, -0.15) is 0 Å². The number of amides is 1. The average molecular weight is 330 g/mol. The number of benzene rings is 2. The Morgan fingerprint density at radius 3 is 2.25 bits per heavy atom. The quantitative estimate of drug-likeness (QED) is 0.863. The van der Waals surface area contributed by atoms with Gasteiger partial charge in [0.05, 0.1) is 0 Å². The van der Waals surface area contributed by atoms with Gasteiger partial charge in [0.25, 0.3) is 5.91 Å². The first kappa shape index (κ1) is 16.6. The molecule has 1 heterocycles. The molecule has 3 rings (SSSR count). The van der Waals surface area contributed by atoms with Crippen LogP contribution < -0.4 is 0 Å². The lowest BCUT2D eigenvalue weighted by molar-refractivity contribution is 0.0627. The van der Waals surface area contributed by atoms with E-state index in [2.05, 4.69) is 24.0 Å². The summed E-state index contributed by atoms with van der Waals surface area (Å²) in [5.41, 5.74) is 2.61. The van der Waals surface area contributed by atoms with Crippen molar-refractivity contribution in [3.8, 4) is 0 Å². The van der Waals surface area contributed by atoms with Gasteiger partial charge in [0, 0.05) is 44.4 Å². The number of halogens is 2. The van der Waals surface area contributed by atoms with E-state index < -0.39 is 11.6 Å². The molecule has 5 heteroatoms. The van der Waals surface area contributed by atoms with Gasteiger partial charge in [-0.3, -0.25) is 9.69 Å². The van der Waals surface area contributed by atoms with Gasteiger partial charge in [0.15, 0.2) is 0 Å². The van der Waals surface area contributed by atoms with Gasteiger partial charge in [-0.1, -0.05) is 24.3 Å². The fourth-order valence-electron chi connectivity index (χ4n) is 3.00. The summed E-state index contributed by atoms with van der Waals surface area (Å²) in [5, 5.41) is 0. The predicted molar refractivity (Wildman–Crippen MR) is 88.7 cm³/mol. The Balaban J connectivity index is 1.60. The Bertz CT molecular complexity index is 720. The number of hydrogen-bond acceptors (Lipinski definition) is 2. The van der Waals surface area contributed by atoms with Crippen LogP contribution in [0.1, 0.15) is 21.5 Å². The van der Waals surface area contributed by atoms with Crippen LogP contribution in [0.25, 0.3) is 0 Å². The highest BCUT2D eigenvalue weighted by molar-refractivity contribution is 5.94. The highest BCUT2D eigenvalue weighted by Crippen LogP contribution is 2.15. The van der Waals surface area contributed by atoms with Crippen LogP contribution in [0.3, 0.4) is 0 Å². The number of rotatable bonds is 3. The number of hydrogen-bond donors (Lipinski definition) is 0. The lowest BCUT2D eigenvalue weighted by atomic mass is 10.1. The van der Waals surface area contributed by atoms with Gasteiger partial charge in [0.2, 0.25) is 0 Å². The molecule has 1 aliphatic rings. The molecule has 1 aliphatic heterocycles. The Morgan fingerprint density at radius 2 is 1.62 bits per heavy atom. The van der Waals surface area contributed by atoms with Crippen LogP contribution in [-0.2, 0) is 6.54 Å². The summed E-state index contributed by atoms with van der Waals surface area (Å²) in [5.74, 6) is -1.77. The summed E-state index contributed by atoms with van der Waals surface area (Å²) in [6.45, 7) is 5.55. The van der Waals surface area contributed by atoms with E-state index in [1.165, 1.54) is 11.1 Å². The van der Waals surface area contributed by atoms with Crippen LogP contribution in [0.2, 0.25) is 0 Å². The topological polar surface area (TPSA) is 23.6 Å². The van der Waals surface area contributed by atoms with Crippen molar-refractivity contribution in [1.82, 2.24) is 9.80 Å². The molecule has 1 saturated heterocycles. The van der Waals surface area contributed by atoms with Crippen LogP contribution in [0.5, 0.6) is 0 Å². The molecule has 0 spiro atoms. The number of nitrogens with zero attached hydrogens (tertiary/aromatic N) is 2. The zero-order chi connectivity index (χ0) is 17.1. The molecule has 0 aliphatic carbocycles. The molecule has 24 heavy (non-hydrogen) atoms. The maximum absolute atomic E-state index is 13.3. The number of carbonyl (C=O) groups is 1. The summed E-state index contributed by atoms with van der Waals surface area (Å²) in [4.78, 5) is 16.3. The summed E-state index contributed by atoms with van der Waals surface area (Å²) in [6, 6.07) is 11.2. The SMILES string of the molecule is Cc1ccccc1CN1CCN(C(=O)c2cc(F)cc(F)c2)CC1. The zero-order valence-electron chi connectivity index (χ0n) is 13.6. The van der Waals surface area contributed by atoms with Crippen molar-refractivity contribution >= 4 is 5.91 Å². The second kappa shape index (κ2) is 7.09. The fourth-order valence-corrected chi connectivity index (χ4v) is 3.00. The summed E-state index contributed by atoms with van der Waals surface area (Å²) >= 11 is 0. The lowest BCUT2D eigenvalue weighted by Crippen LogP contribution is -2.48. The Morgan fingerprint density at radius 1 is 1.00 bits per heavy atom. The summed E-state index contributed by atoms with van der Waals surface area (Å²) in [7, 11) is 0. The second-order valence-corrected chi connectivity index (χ2v) is 6.15. The van der Waals surface area contributed by atoms with Crippen molar-refractivity contribution in [2.24, 2.45) is 0 Å². The van der Waals surface area contributed by atoms with Crippen LogP contribution in [0, 0.1) is 18.6 Å². The highest BCUT2D eigenvalue weighted by atomic mass is 19.1. The molecule has 0 unspecified atom stereocenters. The standard InChI is InChI=1S/C19H20F2N2O/c1-14-4-2-3-5-15(14)13-22-6-8-23(9-7-22)19(24)16-10-17(20)12-18(21)11-16/h2-5,10-12H,6-9,13H2,1H3. The highest BCUT2D eigenvalue weighted by Gasteiger charge is 2.23. The lowest BCUT2D eigenvalue weighted by Gasteiger charge is -2.35. The Kier molecular flexibility index (Phi) is 4.90. The molecule has 0 radical (unpaired) electrons. The van der Waals surface area contributed by atoms with E-state index in [4.69, 9.17) is 0 Å². The van der Waals surface area contributed by atoms with E-state index in [0.717, 1.165) is 37.8 Å². The molecule has 2 aromatic carbocycles. The molecule has 0 N–H and O–H groups in total. The summed E-state index contributed by atoms with van der Waals surface area (Å²) in [6.07, 6.45) is 0. The van der Waals surface area contributed by atoms with Gasteiger partial charge in [-0.05, 0) is 30.2 Å². The van der Waals surface area contributed by atoms with Gasteiger partial charge in [0.1, 0.15) is 11.6 Å². The third-order valence-electron chi connectivity index (χ3n) is 4.42. The number of aryl methyl sites for hydroxylation is 1. The van der Waals surface area contributed by atoms with E-state index >= 15 is 0 Å². The van der Waals surface area contributed by atoms with Crippen LogP contribution in [0.15, 0.2) is 42.5 Å². The van der Waals surface area contributed by atoms with E-state index in [0.29, 0.717) is 13.1 Å². The smallest absolute Gasteiger partial charge is 0.254 e. The third-order valence-corrected chi connectivity index (χ3v) is 4.42. The maximum atomic E-state index is 13.3. The molecule has 0 atom stereocenters. The van der Waals surface area contributed by atoms with Gasteiger partial charge >= 0.3 is 0 Å². The van der Waals surface area contributed by atoms with Crippen molar-refractivity contribution in [3.05, 3.63) is 70.8 Å². The van der Waals surface area contributed by atoms with Gasteiger partial charge < -0.3 is 4.90 Å². The molecule has 2 aromatic rings. The molecule has 126 valence electrons. The maximum Gasteiger partial charge on any atom is 0.254 e. The normalized spacial score (nSPS) is 15.5. The Labute approximate surface area is 140 Å². The first-order valence-electron chi connectivity index (χ1n) is 8.05. The molecule has 1 amide bonds. The van der Waals surface area contributed by atoms with Gasteiger partial charge in [-0.15, -0.1) is 0 Å². The minimum Gasteiger partial charge on any atom is -0.336 e. The summed E-state index contributed by atoms with van der Waals surface area (Å²) < 4.78 is 26.6. The minimum atomic E-state index is -0.725. The molecule has 0 saturated carbocycles. The van der Waals surface area contributed by atoms with Crippen molar-refractivity contribution in [2.45, 2.75) is 13.5 Å². The molecule has 0 bridgehead atoms. The van der Waals surface area contributed by atoms with E-state index in [9.17, 15) is 13.6 Å². The van der Waals surface area contributed by atoms with Crippen molar-refractivity contribution in [2.75, 3.05) is 26.2 Å². The molecular weight excluding hydrogens is 310 g/mol. The fraction of sp³-hybridized carbons (Fsp3) is 0.316. The van der Waals surface area contributed by atoms with E-state index in [-0.39, 0.29) is 11.5 Å². The zero-order valence-corrected chi connectivity index (χ0v) is 13.6. The van der Waals surface area contributed by atoms with E-state index in [1.807, 2.05) is 12.1 Å². The first-order valence-corrected chi connectivity index (χ1v) is 8.05. The van der Waals surface area contributed by atoms with Gasteiger partial charge in [-0.25, -0.2) is 8.78 Å². The monoisotopic (exact) mass is 330 g/mol. The molecule has 3 nitrogen and oxygen atoms in total. The second-order valence-electron chi connectivity index (χ2n) is 6.15. The van der Waals surface area contributed by atoms with Crippen LogP contribution >= 0.6 is 0 Å². The Hall–Kier alpha value is -2.27. The van der Waals surface area contributed by atoms with Crippen molar-refractivity contribution in [3.63, 3.8) is 0 Å². The van der Waals surface area contributed by atoms with Crippen LogP contribution in [-0.4, -0.2) is 41.9 Å². The molecular formula is C19H20F2N2O. The van der Waals surface area contributed by atoms with E-state index in [1.54, 1.807) is 4.90 Å². The average Bonchev–Trinajstić information content (AvgIpc) is 2.56. The number of piperazine rings is 1. The largest absolute Gasteiger partial charge is 0.336 e. The third kappa shape index (κ3) is 3.79. The van der Waals surface area contributed by atoms with Crippen LogP contribution in [0.4, 0.5) is 8.78 Å². The first-order chi connectivity index (χ1) is 11.5. The van der Waals surface area contributed by atoms with Crippen molar-refractivity contribution < 1.29 is 13.6 Å². The number of carbonyl (C=O) groups excluding carboxylic acids is 1. The predicted octanol–water partition coefficient (Wildman–Crippen LogP) is 3.23. The minimum absolute atomic E-state index is 0.0693.